The van der Waals surface area contributed by atoms with Gasteiger partial charge < -0.3 is 14.6 Å². The minimum Gasteiger partial charge on any atom is -0.442 e. The fraction of sp³-hybridized carbons (Fsp3) is 0.286. The monoisotopic (exact) mass is 536 g/mol. The molecule has 3 heterocycles. The van der Waals surface area contributed by atoms with Crippen LogP contribution in [0.4, 0.5) is 10.5 Å². The summed E-state index contributed by atoms with van der Waals surface area (Å²) in [6.45, 7) is 7.77. The molecule has 4 aromatic rings. The van der Waals surface area contributed by atoms with Crippen LogP contribution in [0.3, 0.4) is 0 Å². The van der Waals surface area contributed by atoms with Crippen LogP contribution in [0.2, 0.25) is 4.34 Å². The molecule has 0 unspecified atom stereocenters. The van der Waals surface area contributed by atoms with Crippen molar-refractivity contribution in [1.82, 2.24) is 14.8 Å². The number of anilines is 1. The van der Waals surface area contributed by atoms with Crippen LogP contribution in [0.15, 0.2) is 66.7 Å². The Bertz CT molecular complexity index is 1410. The summed E-state index contributed by atoms with van der Waals surface area (Å²) in [7, 11) is 0. The van der Waals surface area contributed by atoms with Gasteiger partial charge in [0.1, 0.15) is 6.10 Å². The Morgan fingerprint density at radius 2 is 1.81 bits per heavy atom. The summed E-state index contributed by atoms with van der Waals surface area (Å²) in [6, 6.07) is 22.0. The fourth-order valence-electron chi connectivity index (χ4n) is 4.66. The lowest BCUT2D eigenvalue weighted by molar-refractivity contribution is 0.0920. The Balaban J connectivity index is 1.31. The molecule has 37 heavy (non-hydrogen) atoms. The normalized spacial score (nSPS) is 15.5. The number of halogens is 1. The summed E-state index contributed by atoms with van der Waals surface area (Å²) in [6.07, 6.45) is -0.847. The van der Waals surface area contributed by atoms with E-state index in [2.05, 4.69) is 59.0 Å². The third-order valence-corrected chi connectivity index (χ3v) is 7.88. The summed E-state index contributed by atoms with van der Waals surface area (Å²) in [5.41, 5.74) is 4.18. The molecule has 1 saturated heterocycles. The molecule has 1 aliphatic rings. The van der Waals surface area contributed by atoms with E-state index >= 15 is 0 Å². The molecule has 2 aromatic heterocycles. The first-order valence-electron chi connectivity index (χ1n) is 12.4. The van der Waals surface area contributed by atoms with Crippen molar-refractivity contribution in [3.05, 3.63) is 81.6 Å². The lowest BCUT2D eigenvalue weighted by Crippen LogP contribution is -2.34. The van der Waals surface area contributed by atoms with Gasteiger partial charge in [-0.25, -0.2) is 4.79 Å². The third-order valence-electron chi connectivity index (χ3n) is 6.65. The molecule has 0 radical (unpaired) electrons. The minimum atomic E-state index is -0.430. The van der Waals surface area contributed by atoms with Crippen LogP contribution < -0.4 is 10.2 Å². The summed E-state index contributed by atoms with van der Waals surface area (Å²) in [5.74, 6) is -0.227. The van der Waals surface area contributed by atoms with E-state index in [4.69, 9.17) is 16.3 Å². The Morgan fingerprint density at radius 3 is 2.51 bits per heavy atom. The number of cyclic esters (lactones) is 1. The summed E-state index contributed by atoms with van der Waals surface area (Å²) >= 11 is 7.13. The first-order valence-corrected chi connectivity index (χ1v) is 13.6. The minimum absolute atomic E-state index is 0.227. The van der Waals surface area contributed by atoms with Crippen molar-refractivity contribution < 1.29 is 14.3 Å². The zero-order valence-electron chi connectivity index (χ0n) is 20.8. The quantitative estimate of drug-likeness (QED) is 0.287. The first-order chi connectivity index (χ1) is 18.0. The van der Waals surface area contributed by atoms with Gasteiger partial charge in [0.05, 0.1) is 27.8 Å². The van der Waals surface area contributed by atoms with E-state index in [-0.39, 0.29) is 12.5 Å². The second kappa shape index (κ2) is 11.0. The van der Waals surface area contributed by atoms with Crippen molar-refractivity contribution in [3.63, 3.8) is 0 Å². The highest BCUT2D eigenvalue weighted by Crippen LogP contribution is 2.28. The highest BCUT2D eigenvalue weighted by molar-refractivity contribution is 7.18. The summed E-state index contributed by atoms with van der Waals surface area (Å²) in [4.78, 5) is 29.4. The average molecular weight is 537 g/mol. The van der Waals surface area contributed by atoms with Crippen LogP contribution in [0, 0.1) is 0 Å². The number of nitrogens with one attached hydrogen (secondary N) is 1. The molecule has 0 saturated carbocycles. The van der Waals surface area contributed by atoms with Gasteiger partial charge in [0.2, 0.25) is 0 Å². The van der Waals surface area contributed by atoms with E-state index in [9.17, 15) is 9.59 Å². The van der Waals surface area contributed by atoms with Gasteiger partial charge in [-0.3, -0.25) is 14.6 Å². The Morgan fingerprint density at radius 1 is 1.08 bits per heavy atom. The second-order valence-corrected chi connectivity index (χ2v) is 10.7. The molecule has 0 bridgehead atoms. The zero-order chi connectivity index (χ0) is 25.9. The van der Waals surface area contributed by atoms with Gasteiger partial charge in [0.15, 0.2) is 0 Å². The van der Waals surface area contributed by atoms with Crippen molar-refractivity contribution in [2.75, 3.05) is 31.1 Å². The van der Waals surface area contributed by atoms with Crippen LogP contribution in [0.1, 0.15) is 29.2 Å². The highest BCUT2D eigenvalue weighted by Gasteiger charge is 2.32. The number of para-hydroxylation sites is 1. The topological polar surface area (TPSA) is 66.8 Å². The maximum absolute atomic E-state index is 12.6. The first kappa shape index (κ1) is 25.3. The molecule has 1 atom stereocenters. The van der Waals surface area contributed by atoms with Gasteiger partial charge in [0, 0.05) is 29.0 Å². The number of amides is 2. The van der Waals surface area contributed by atoms with E-state index < -0.39 is 12.2 Å². The average Bonchev–Trinajstić information content (AvgIpc) is 3.62. The second-order valence-electron chi connectivity index (χ2n) is 8.94. The van der Waals surface area contributed by atoms with E-state index in [1.54, 1.807) is 17.0 Å². The molecule has 7 nitrogen and oxygen atoms in total. The summed E-state index contributed by atoms with van der Waals surface area (Å²) < 4.78 is 8.35. The predicted molar refractivity (Wildman–Crippen MR) is 149 cm³/mol. The molecule has 2 amide bonds. The van der Waals surface area contributed by atoms with Crippen LogP contribution in [-0.4, -0.2) is 53.8 Å². The third kappa shape index (κ3) is 5.37. The van der Waals surface area contributed by atoms with Crippen molar-refractivity contribution in [2.24, 2.45) is 0 Å². The number of hydrogen-bond donors (Lipinski definition) is 1. The predicted octanol–water partition coefficient (Wildman–Crippen LogP) is 5.94. The number of nitrogens with zero attached hydrogens (tertiary/aromatic N) is 3. The van der Waals surface area contributed by atoms with Crippen LogP contribution in [0.5, 0.6) is 0 Å². The molecular formula is C28H29ClN4O3S. The number of aromatic nitrogens is 1. The highest BCUT2D eigenvalue weighted by atomic mass is 35.5. The SMILES string of the molecule is CCN(CC)Cc1cc2ccccc2n1-c1ccc(N2C[C@H](CNC(=O)c3ccc(Cl)s3)OC2=O)cc1. The molecule has 9 heteroatoms. The van der Waals surface area contributed by atoms with Gasteiger partial charge in [-0.2, -0.15) is 0 Å². The lowest BCUT2D eigenvalue weighted by Gasteiger charge is -2.20. The van der Waals surface area contributed by atoms with Crippen LogP contribution in [-0.2, 0) is 11.3 Å². The number of carbonyl (C=O) groups is 2. The zero-order valence-corrected chi connectivity index (χ0v) is 22.4. The Kier molecular flexibility index (Phi) is 7.50. The van der Waals surface area contributed by atoms with E-state index in [0.717, 1.165) is 36.5 Å². The lowest BCUT2D eigenvalue weighted by atomic mass is 10.2. The van der Waals surface area contributed by atoms with Crippen LogP contribution >= 0.6 is 22.9 Å². The van der Waals surface area contributed by atoms with Crippen LogP contribution in [0.25, 0.3) is 16.6 Å². The Hall–Kier alpha value is -3.33. The Labute approximate surface area is 225 Å². The molecule has 1 fully saturated rings. The molecule has 1 aliphatic heterocycles. The number of ether oxygens (including phenoxy) is 1. The maximum atomic E-state index is 12.6. The molecule has 0 aliphatic carbocycles. The molecular weight excluding hydrogens is 508 g/mol. The van der Waals surface area contributed by atoms with Crippen molar-refractivity contribution in [2.45, 2.75) is 26.5 Å². The molecule has 192 valence electrons. The number of carbonyl (C=O) groups excluding carboxylic acids is 2. The number of fused-ring (bicyclic) bond motifs is 1. The van der Waals surface area contributed by atoms with Crippen molar-refractivity contribution in [3.8, 4) is 5.69 Å². The van der Waals surface area contributed by atoms with Crippen molar-refractivity contribution >= 4 is 51.5 Å². The fourth-order valence-corrected chi connectivity index (χ4v) is 5.62. The molecule has 1 N–H and O–H groups in total. The standard InChI is InChI=1S/C28H29ClN4O3S/c1-3-31(4-2)17-22-15-19-7-5-6-8-24(19)33(22)21-11-9-20(10-12-21)32-18-23(36-28(32)35)16-30-27(34)25-13-14-26(29)37-25/h5-15,23H,3-4,16-18H2,1-2H3,(H,30,34)/t23-/m0/s1. The van der Waals surface area contributed by atoms with Crippen molar-refractivity contribution in [1.29, 1.82) is 0 Å². The molecule has 0 spiro atoms. The number of benzene rings is 2. The number of rotatable bonds is 9. The van der Waals surface area contributed by atoms with E-state index in [1.165, 1.54) is 22.4 Å². The molecule has 2 aromatic carbocycles. The molecule has 5 rings (SSSR count). The number of hydrogen-bond acceptors (Lipinski definition) is 5. The van der Waals surface area contributed by atoms with Gasteiger partial charge in [0.25, 0.3) is 5.91 Å². The van der Waals surface area contributed by atoms with Gasteiger partial charge >= 0.3 is 6.09 Å². The van der Waals surface area contributed by atoms with Gasteiger partial charge in [-0.05, 0) is 61.6 Å². The summed E-state index contributed by atoms with van der Waals surface area (Å²) in [5, 5.41) is 4.02. The maximum Gasteiger partial charge on any atom is 0.414 e. The van der Waals surface area contributed by atoms with E-state index in [0.29, 0.717) is 15.8 Å². The van der Waals surface area contributed by atoms with E-state index in [1.807, 2.05) is 24.3 Å². The largest absolute Gasteiger partial charge is 0.442 e. The van der Waals surface area contributed by atoms with Gasteiger partial charge in [-0.15, -0.1) is 11.3 Å². The number of thiophene rings is 1. The smallest absolute Gasteiger partial charge is 0.414 e. The van der Waals surface area contributed by atoms with Gasteiger partial charge in [-0.1, -0.05) is 43.6 Å².